The lowest BCUT2D eigenvalue weighted by atomic mass is 10.1. The molecule has 0 spiro atoms. The van der Waals surface area contributed by atoms with Gasteiger partial charge >= 0.3 is 0 Å². The molecule has 1 atom stereocenters. The third kappa shape index (κ3) is 4.39. The number of nitrogens with one attached hydrogen (secondary N) is 1. The number of fused-ring (bicyclic) bond motifs is 1. The summed E-state index contributed by atoms with van der Waals surface area (Å²) in [5.41, 5.74) is 1.24. The summed E-state index contributed by atoms with van der Waals surface area (Å²) in [6, 6.07) is 24.8. The largest absolute Gasteiger partial charge is 0.355 e. The first-order valence-electron chi connectivity index (χ1n) is 8.19. The van der Waals surface area contributed by atoms with Gasteiger partial charge in [-0.15, -0.1) is 11.8 Å². The normalized spacial score (nSPS) is 12.0. The zero-order valence-electron chi connectivity index (χ0n) is 13.7. The summed E-state index contributed by atoms with van der Waals surface area (Å²) in [6.45, 7) is 2.63. The van der Waals surface area contributed by atoms with Crippen LogP contribution in [0.25, 0.3) is 10.8 Å². The standard InChI is InChI=1S/C21H21NOS/c1-16(21(23)22-14-13-17-7-3-2-4-8-17)24-20-12-11-18-9-5-6-10-19(18)15-20/h2-12,15-16H,13-14H2,1H3,(H,22,23). The van der Waals surface area contributed by atoms with E-state index in [1.165, 1.54) is 16.3 Å². The number of hydrogen-bond acceptors (Lipinski definition) is 2. The third-order valence-corrected chi connectivity index (χ3v) is 5.05. The number of rotatable bonds is 6. The van der Waals surface area contributed by atoms with Crippen molar-refractivity contribution in [3.05, 3.63) is 78.4 Å². The lowest BCUT2D eigenvalue weighted by molar-refractivity contribution is -0.120. The van der Waals surface area contributed by atoms with Crippen molar-refractivity contribution < 1.29 is 4.79 Å². The molecule has 3 aromatic rings. The average Bonchev–Trinajstić information content (AvgIpc) is 2.62. The van der Waals surface area contributed by atoms with Crippen molar-refractivity contribution in [1.29, 1.82) is 0 Å². The second-order valence-corrected chi connectivity index (χ2v) is 7.21. The summed E-state index contributed by atoms with van der Waals surface area (Å²) in [5, 5.41) is 5.35. The molecule has 0 heterocycles. The fourth-order valence-electron chi connectivity index (χ4n) is 2.62. The van der Waals surface area contributed by atoms with E-state index in [0.717, 1.165) is 11.3 Å². The highest BCUT2D eigenvalue weighted by molar-refractivity contribution is 8.00. The van der Waals surface area contributed by atoms with Crippen LogP contribution in [0.4, 0.5) is 0 Å². The van der Waals surface area contributed by atoms with Gasteiger partial charge in [0, 0.05) is 11.4 Å². The Morgan fingerprint density at radius 3 is 2.46 bits per heavy atom. The van der Waals surface area contributed by atoms with Crippen LogP contribution in [-0.2, 0) is 11.2 Å². The Bertz CT molecular complexity index is 816. The first-order chi connectivity index (χ1) is 11.7. The third-order valence-electron chi connectivity index (χ3n) is 3.96. The van der Waals surface area contributed by atoms with Gasteiger partial charge in [0.1, 0.15) is 0 Å². The molecule has 122 valence electrons. The van der Waals surface area contributed by atoms with Crippen molar-refractivity contribution in [2.45, 2.75) is 23.5 Å². The minimum Gasteiger partial charge on any atom is -0.355 e. The van der Waals surface area contributed by atoms with Crippen LogP contribution in [0.15, 0.2) is 77.7 Å². The van der Waals surface area contributed by atoms with Crippen LogP contribution in [0.1, 0.15) is 12.5 Å². The van der Waals surface area contributed by atoms with Crippen LogP contribution < -0.4 is 5.32 Å². The molecule has 0 aliphatic carbocycles. The molecule has 2 nitrogen and oxygen atoms in total. The van der Waals surface area contributed by atoms with Crippen LogP contribution in [-0.4, -0.2) is 17.7 Å². The van der Waals surface area contributed by atoms with Crippen molar-refractivity contribution in [3.63, 3.8) is 0 Å². The Hall–Kier alpha value is -2.26. The number of hydrogen-bond donors (Lipinski definition) is 1. The van der Waals surface area contributed by atoms with E-state index in [1.807, 2.05) is 37.3 Å². The highest BCUT2D eigenvalue weighted by Gasteiger charge is 2.14. The first-order valence-corrected chi connectivity index (χ1v) is 9.07. The van der Waals surface area contributed by atoms with Crippen molar-refractivity contribution in [2.24, 2.45) is 0 Å². The molecule has 0 bridgehead atoms. The summed E-state index contributed by atoms with van der Waals surface area (Å²) in [6.07, 6.45) is 0.861. The van der Waals surface area contributed by atoms with E-state index in [-0.39, 0.29) is 11.2 Å². The van der Waals surface area contributed by atoms with Gasteiger partial charge in [0.05, 0.1) is 5.25 Å². The molecule has 0 aliphatic heterocycles. The quantitative estimate of drug-likeness (QED) is 0.663. The van der Waals surface area contributed by atoms with Gasteiger partial charge in [-0.2, -0.15) is 0 Å². The predicted molar refractivity (Wildman–Crippen MR) is 102 cm³/mol. The maximum Gasteiger partial charge on any atom is 0.233 e. The van der Waals surface area contributed by atoms with Gasteiger partial charge in [-0.05, 0) is 41.8 Å². The summed E-state index contributed by atoms with van der Waals surface area (Å²) in [7, 11) is 0. The highest BCUT2D eigenvalue weighted by Crippen LogP contribution is 2.27. The van der Waals surface area contributed by atoms with Crippen LogP contribution in [0, 0.1) is 0 Å². The first kappa shape index (κ1) is 16.6. The number of thioether (sulfide) groups is 1. The van der Waals surface area contributed by atoms with Crippen molar-refractivity contribution >= 4 is 28.4 Å². The van der Waals surface area contributed by atoms with Crippen molar-refractivity contribution in [2.75, 3.05) is 6.54 Å². The zero-order valence-corrected chi connectivity index (χ0v) is 14.6. The van der Waals surface area contributed by atoms with Crippen molar-refractivity contribution in [1.82, 2.24) is 5.32 Å². The van der Waals surface area contributed by atoms with Gasteiger partial charge in [0.25, 0.3) is 0 Å². The van der Waals surface area contributed by atoms with E-state index < -0.39 is 0 Å². The monoisotopic (exact) mass is 335 g/mol. The van der Waals surface area contributed by atoms with Crippen LogP contribution in [0.3, 0.4) is 0 Å². The number of carbonyl (C=O) groups is 1. The highest BCUT2D eigenvalue weighted by atomic mass is 32.2. The summed E-state index contributed by atoms with van der Waals surface area (Å²) >= 11 is 1.60. The van der Waals surface area contributed by atoms with Gasteiger partial charge in [0.15, 0.2) is 0 Å². The Balaban J connectivity index is 1.53. The SMILES string of the molecule is CC(Sc1ccc2ccccc2c1)C(=O)NCCc1ccccc1. The maximum atomic E-state index is 12.3. The van der Waals surface area contributed by atoms with E-state index in [2.05, 4.69) is 47.8 Å². The number of amides is 1. The Kier molecular flexibility index (Phi) is 5.55. The molecular formula is C21H21NOS. The molecule has 24 heavy (non-hydrogen) atoms. The Labute approximate surface area is 147 Å². The fraction of sp³-hybridized carbons (Fsp3) is 0.190. The predicted octanol–water partition coefficient (Wildman–Crippen LogP) is 4.68. The van der Waals surface area contributed by atoms with E-state index in [4.69, 9.17) is 0 Å². The molecule has 0 aliphatic rings. The number of benzene rings is 3. The molecule has 0 saturated heterocycles. The molecule has 0 fully saturated rings. The van der Waals surface area contributed by atoms with E-state index in [1.54, 1.807) is 11.8 Å². The molecule has 1 N–H and O–H groups in total. The molecular weight excluding hydrogens is 314 g/mol. The minimum absolute atomic E-state index is 0.0871. The molecule has 0 saturated carbocycles. The lowest BCUT2D eigenvalue weighted by Crippen LogP contribution is -2.32. The topological polar surface area (TPSA) is 29.1 Å². The van der Waals surface area contributed by atoms with Gasteiger partial charge < -0.3 is 5.32 Å². The molecule has 3 rings (SSSR count). The minimum atomic E-state index is -0.109. The second kappa shape index (κ2) is 8.02. The molecule has 0 radical (unpaired) electrons. The Morgan fingerprint density at radius 1 is 0.958 bits per heavy atom. The van der Waals surface area contributed by atoms with Crippen LogP contribution in [0.2, 0.25) is 0 Å². The zero-order chi connectivity index (χ0) is 16.8. The lowest BCUT2D eigenvalue weighted by Gasteiger charge is -2.12. The van der Waals surface area contributed by atoms with E-state index >= 15 is 0 Å². The van der Waals surface area contributed by atoms with Gasteiger partial charge in [-0.3, -0.25) is 4.79 Å². The second-order valence-electron chi connectivity index (χ2n) is 5.80. The summed E-state index contributed by atoms with van der Waals surface area (Å²) in [4.78, 5) is 13.4. The van der Waals surface area contributed by atoms with Crippen molar-refractivity contribution in [3.8, 4) is 0 Å². The summed E-state index contributed by atoms with van der Waals surface area (Å²) < 4.78 is 0. The molecule has 1 unspecified atom stereocenters. The maximum absolute atomic E-state index is 12.3. The van der Waals surface area contributed by atoms with Gasteiger partial charge in [-0.25, -0.2) is 0 Å². The van der Waals surface area contributed by atoms with E-state index in [0.29, 0.717) is 6.54 Å². The Morgan fingerprint density at radius 2 is 1.67 bits per heavy atom. The molecule has 3 heteroatoms. The van der Waals surface area contributed by atoms with E-state index in [9.17, 15) is 4.79 Å². The molecule has 3 aromatic carbocycles. The smallest absolute Gasteiger partial charge is 0.233 e. The fourth-order valence-corrected chi connectivity index (χ4v) is 3.56. The van der Waals surface area contributed by atoms with Crippen LogP contribution >= 0.6 is 11.8 Å². The average molecular weight is 335 g/mol. The van der Waals surface area contributed by atoms with Gasteiger partial charge in [0.2, 0.25) is 5.91 Å². The van der Waals surface area contributed by atoms with Crippen LogP contribution in [0.5, 0.6) is 0 Å². The summed E-state index contributed by atoms with van der Waals surface area (Å²) in [5.74, 6) is 0.0871. The molecule has 0 aromatic heterocycles. The number of carbonyl (C=O) groups excluding carboxylic acids is 1. The van der Waals surface area contributed by atoms with Gasteiger partial charge in [-0.1, -0.05) is 60.7 Å². The molecule has 1 amide bonds.